The summed E-state index contributed by atoms with van der Waals surface area (Å²) < 4.78 is 5.30. The summed E-state index contributed by atoms with van der Waals surface area (Å²) in [5.74, 6) is 2.38. The van der Waals surface area contributed by atoms with Crippen molar-refractivity contribution in [1.82, 2.24) is 0 Å². The van der Waals surface area contributed by atoms with Gasteiger partial charge in [0.1, 0.15) is 12.6 Å². The van der Waals surface area contributed by atoms with Gasteiger partial charge in [0.05, 0.1) is 6.10 Å². The minimum absolute atomic E-state index is 0.209. The van der Waals surface area contributed by atoms with Crippen molar-refractivity contribution >= 4 is 17.7 Å². The van der Waals surface area contributed by atoms with Gasteiger partial charge in [-0.15, -0.1) is 6.42 Å². The van der Waals surface area contributed by atoms with Gasteiger partial charge in [-0.2, -0.15) is 0 Å². The summed E-state index contributed by atoms with van der Waals surface area (Å²) in [4.78, 5) is 0.523. The Bertz CT molecular complexity index is 518. The predicted molar refractivity (Wildman–Crippen MR) is 80.3 cm³/mol. The Hall–Kier alpha value is -1.83. The van der Waals surface area contributed by atoms with Gasteiger partial charge in [0.2, 0.25) is 6.20 Å². The lowest BCUT2D eigenvalue weighted by molar-refractivity contribution is -0.462. The van der Waals surface area contributed by atoms with Gasteiger partial charge in [0.15, 0.2) is 0 Å². The third-order valence-electron chi connectivity index (χ3n) is 2.67. The molecule has 0 heterocycles. The number of nitrogens with zero attached hydrogens (tertiary/aromatic N) is 2. The van der Waals surface area contributed by atoms with E-state index >= 15 is 0 Å². The van der Waals surface area contributed by atoms with Crippen LogP contribution in [0.3, 0.4) is 0 Å². The van der Waals surface area contributed by atoms with Crippen LogP contribution in [0, 0.1) is 17.6 Å². The molecule has 0 aromatic heterocycles. The maximum atomic E-state index is 11.6. The van der Waals surface area contributed by atoms with E-state index < -0.39 is 0 Å². The molecule has 2 atom stereocenters. The summed E-state index contributed by atoms with van der Waals surface area (Å²) in [5.41, 5.74) is 0.870. The third kappa shape index (κ3) is 5.87. The average molecular weight is 293 g/mol. The molecule has 1 aromatic rings. The zero-order valence-electron chi connectivity index (χ0n) is 11.5. The summed E-state index contributed by atoms with van der Waals surface area (Å²) in [5, 5.41) is 16.2. The minimum atomic E-state index is -0.282. The number of halogens is 1. The molecule has 1 rings (SSSR count). The molecular formula is C15H17ClN2O2. The molecule has 0 fully saturated rings. The molecule has 0 spiro atoms. The monoisotopic (exact) mass is 292 g/mol. The lowest BCUT2D eigenvalue weighted by Crippen LogP contribution is -2.22. The second-order valence-corrected chi connectivity index (χ2v) is 4.68. The first kappa shape index (κ1) is 16.2. The molecule has 0 aliphatic heterocycles. The molecule has 0 aliphatic carbocycles. The Morgan fingerprint density at radius 1 is 1.45 bits per heavy atom. The van der Waals surface area contributed by atoms with Gasteiger partial charge < -0.3 is 9.94 Å². The molecule has 0 aliphatic rings. The van der Waals surface area contributed by atoms with Crippen LogP contribution in [0.5, 0.6) is 0 Å². The van der Waals surface area contributed by atoms with Gasteiger partial charge in [-0.25, -0.2) is 0 Å². The lowest BCUT2D eigenvalue weighted by atomic mass is 10.2. The van der Waals surface area contributed by atoms with E-state index in [2.05, 4.69) is 11.0 Å². The first-order valence-electron chi connectivity index (χ1n) is 6.19. The molecule has 0 saturated heterocycles. The van der Waals surface area contributed by atoms with E-state index in [1.165, 1.54) is 6.20 Å². The third-order valence-corrected chi connectivity index (χ3v) is 2.92. The smallest absolute Gasteiger partial charge is 0.210 e. The van der Waals surface area contributed by atoms with Crippen molar-refractivity contribution in [1.29, 1.82) is 0 Å². The fourth-order valence-electron chi connectivity index (χ4n) is 1.35. The Morgan fingerprint density at radius 2 is 2.10 bits per heavy atom. The largest absolute Gasteiger partial charge is 0.595 e. The lowest BCUT2D eigenvalue weighted by Gasteiger charge is -2.12. The average Bonchev–Trinajstić information content (AvgIpc) is 2.44. The SMILES string of the molecule is C#CCOC(C)C(C)N=[N+]([O-])/C=C/c1ccc(Cl)cc1. The van der Waals surface area contributed by atoms with Gasteiger partial charge >= 0.3 is 0 Å². The Balaban J connectivity index is 2.60. The van der Waals surface area contributed by atoms with Gasteiger partial charge in [0, 0.05) is 11.1 Å². The molecule has 0 N–H and O–H groups in total. The van der Waals surface area contributed by atoms with Crippen LogP contribution >= 0.6 is 11.6 Å². The molecule has 1 aromatic carbocycles. The number of benzene rings is 1. The van der Waals surface area contributed by atoms with Crippen LogP contribution in [0.2, 0.25) is 5.02 Å². The van der Waals surface area contributed by atoms with Crippen molar-refractivity contribution in [2.45, 2.75) is 26.0 Å². The highest BCUT2D eigenvalue weighted by atomic mass is 35.5. The number of hydrogen-bond acceptors (Lipinski definition) is 3. The maximum absolute atomic E-state index is 11.6. The molecule has 0 amide bonds. The summed E-state index contributed by atoms with van der Waals surface area (Å²) in [6, 6.07) is 6.86. The summed E-state index contributed by atoms with van der Waals surface area (Å²) >= 11 is 5.78. The van der Waals surface area contributed by atoms with E-state index in [0.717, 1.165) is 5.56 Å². The standard InChI is InChI=1S/C15H17ClN2O2/c1-4-11-20-13(3)12(2)17-18(19)10-9-14-5-7-15(16)8-6-14/h1,5-10,12-13H,11H2,2-3H3/b10-9+,18-17?. The van der Waals surface area contributed by atoms with Gasteiger partial charge in [-0.1, -0.05) is 34.5 Å². The Labute approximate surface area is 124 Å². The van der Waals surface area contributed by atoms with Crippen molar-refractivity contribution in [3.05, 3.63) is 46.3 Å². The van der Waals surface area contributed by atoms with Crippen molar-refractivity contribution in [2.75, 3.05) is 6.61 Å². The topological polar surface area (TPSA) is 47.7 Å². The van der Waals surface area contributed by atoms with E-state index in [1.807, 2.05) is 19.1 Å². The van der Waals surface area contributed by atoms with Crippen LogP contribution in [0.1, 0.15) is 19.4 Å². The second kappa shape index (κ2) is 8.36. The van der Waals surface area contributed by atoms with E-state index in [1.54, 1.807) is 25.1 Å². The van der Waals surface area contributed by atoms with Crippen molar-refractivity contribution in [3.63, 3.8) is 0 Å². The van der Waals surface area contributed by atoms with E-state index in [4.69, 9.17) is 22.8 Å². The number of azo groups is 1. The van der Waals surface area contributed by atoms with E-state index in [9.17, 15) is 5.21 Å². The molecule has 4 nitrogen and oxygen atoms in total. The summed E-state index contributed by atoms with van der Waals surface area (Å²) in [7, 11) is 0. The molecule has 0 radical (unpaired) electrons. The van der Waals surface area contributed by atoms with Crippen molar-refractivity contribution < 1.29 is 9.60 Å². The molecule has 0 bridgehead atoms. The first-order chi connectivity index (χ1) is 9.52. The number of hydrogen-bond donors (Lipinski definition) is 0. The van der Waals surface area contributed by atoms with E-state index in [-0.39, 0.29) is 18.8 Å². The molecule has 2 unspecified atom stereocenters. The van der Waals surface area contributed by atoms with Crippen molar-refractivity contribution in [3.8, 4) is 12.3 Å². The van der Waals surface area contributed by atoms with E-state index in [0.29, 0.717) is 9.88 Å². The fourth-order valence-corrected chi connectivity index (χ4v) is 1.48. The Kier molecular flexibility index (Phi) is 6.78. The van der Waals surface area contributed by atoms with Crippen LogP contribution in [0.15, 0.2) is 35.6 Å². The highest BCUT2D eigenvalue weighted by molar-refractivity contribution is 6.30. The van der Waals surface area contributed by atoms with Gasteiger partial charge in [-0.05, 0) is 36.7 Å². The highest BCUT2D eigenvalue weighted by Crippen LogP contribution is 2.10. The van der Waals surface area contributed by atoms with Crippen molar-refractivity contribution in [2.24, 2.45) is 5.11 Å². The Morgan fingerprint density at radius 3 is 2.70 bits per heavy atom. The van der Waals surface area contributed by atoms with Gasteiger partial charge in [0.25, 0.3) is 0 Å². The van der Waals surface area contributed by atoms with Crippen LogP contribution in [0.25, 0.3) is 6.08 Å². The number of rotatable bonds is 6. The normalized spacial score (nSPS) is 15.0. The fraction of sp³-hybridized carbons (Fsp3) is 0.333. The quantitative estimate of drug-likeness (QED) is 0.347. The van der Waals surface area contributed by atoms with Gasteiger partial charge in [-0.3, -0.25) is 0 Å². The van der Waals surface area contributed by atoms with Crippen LogP contribution in [-0.2, 0) is 4.74 Å². The van der Waals surface area contributed by atoms with Crippen LogP contribution < -0.4 is 0 Å². The predicted octanol–water partition coefficient (Wildman–Crippen LogP) is 3.70. The van der Waals surface area contributed by atoms with Crippen LogP contribution in [0.4, 0.5) is 0 Å². The molecule has 5 heteroatoms. The molecular weight excluding hydrogens is 276 g/mol. The number of ether oxygens (including phenoxy) is 1. The minimum Gasteiger partial charge on any atom is -0.595 e. The summed E-state index contributed by atoms with van der Waals surface area (Å²) in [6.45, 7) is 3.82. The highest BCUT2D eigenvalue weighted by Gasteiger charge is 2.14. The zero-order chi connectivity index (χ0) is 15.0. The molecule has 0 saturated carbocycles. The number of terminal acetylenes is 1. The first-order valence-corrected chi connectivity index (χ1v) is 6.56. The van der Waals surface area contributed by atoms with Crippen LogP contribution in [-0.4, -0.2) is 23.6 Å². The number of hydroxylamine groups is 1. The molecule has 106 valence electrons. The second-order valence-electron chi connectivity index (χ2n) is 4.25. The maximum Gasteiger partial charge on any atom is 0.210 e. The zero-order valence-corrected chi connectivity index (χ0v) is 12.2. The molecule has 20 heavy (non-hydrogen) atoms. The summed E-state index contributed by atoms with van der Waals surface area (Å²) in [6.07, 6.45) is 7.89.